The number of rotatable bonds is 4. The number of carbonyl (C=O) groups excluding carboxylic acids is 3. The average Bonchev–Trinajstić information content (AvgIpc) is 3.32. The van der Waals surface area contributed by atoms with E-state index in [0.717, 1.165) is 9.37 Å². The minimum Gasteiger partial charge on any atom is -0.287 e. The third kappa shape index (κ3) is 3.18. The van der Waals surface area contributed by atoms with Crippen LogP contribution >= 0.6 is 15.9 Å². The molecule has 0 bridgehead atoms. The topological polar surface area (TPSA) is 70.1 Å². The molecule has 0 radical (unpaired) electrons. The molecule has 0 saturated carbocycles. The molecule has 3 aromatic rings. The third-order valence-corrected chi connectivity index (χ3v) is 5.95. The van der Waals surface area contributed by atoms with Crippen LogP contribution in [-0.4, -0.2) is 29.4 Å². The van der Waals surface area contributed by atoms with Crippen LogP contribution in [0.15, 0.2) is 94.5 Å². The second kappa shape index (κ2) is 7.59. The van der Waals surface area contributed by atoms with E-state index in [4.69, 9.17) is 0 Å². The van der Waals surface area contributed by atoms with Gasteiger partial charge in [-0.1, -0.05) is 64.5 Å². The maximum atomic E-state index is 13.4. The first kappa shape index (κ1) is 19.4. The van der Waals surface area contributed by atoms with Gasteiger partial charge in [0, 0.05) is 10.0 Å². The summed E-state index contributed by atoms with van der Waals surface area (Å²) in [7, 11) is 0. The molecular weight excluding hydrogens is 458 g/mol. The lowest BCUT2D eigenvalue weighted by Crippen LogP contribution is -2.39. The summed E-state index contributed by atoms with van der Waals surface area (Å²) in [4.78, 5) is 41.3. The van der Waals surface area contributed by atoms with Gasteiger partial charge in [0.25, 0.3) is 5.91 Å². The number of anilines is 2. The number of hydrazone groups is 1. The Kier molecular flexibility index (Phi) is 4.75. The van der Waals surface area contributed by atoms with Gasteiger partial charge in [-0.05, 0) is 36.4 Å². The van der Waals surface area contributed by atoms with Crippen molar-refractivity contribution in [2.45, 2.75) is 6.04 Å². The van der Waals surface area contributed by atoms with Gasteiger partial charge in [0.2, 0.25) is 11.7 Å². The summed E-state index contributed by atoms with van der Waals surface area (Å²) < 4.78 is 0.872. The van der Waals surface area contributed by atoms with E-state index in [9.17, 15) is 14.4 Å². The van der Waals surface area contributed by atoms with E-state index in [1.54, 1.807) is 60.7 Å². The molecule has 2 atom stereocenters. The number of hydrogen-bond acceptors (Lipinski definition) is 5. The summed E-state index contributed by atoms with van der Waals surface area (Å²) >= 11 is 3.40. The van der Waals surface area contributed by atoms with Gasteiger partial charge in [-0.25, -0.2) is 4.90 Å². The van der Waals surface area contributed by atoms with E-state index >= 15 is 0 Å². The van der Waals surface area contributed by atoms with Gasteiger partial charge in [-0.15, -0.1) is 0 Å². The molecule has 152 valence electrons. The largest absolute Gasteiger partial charge is 0.287 e. The minimum atomic E-state index is -0.968. The summed E-state index contributed by atoms with van der Waals surface area (Å²) in [5, 5.41) is 5.99. The van der Waals surface area contributed by atoms with Crippen molar-refractivity contribution in [2.24, 2.45) is 11.0 Å². The standard InChI is InChI=1S/C24H16BrN3O3/c25-16-11-13-18(14-12-16)28-21-19(20(26-28)22(29)15-7-3-1-4-8-15)23(30)27(24(21)31)17-9-5-2-6-10-17/h1-14,19,21H. The third-order valence-electron chi connectivity index (χ3n) is 5.42. The first-order valence-corrected chi connectivity index (χ1v) is 10.5. The van der Waals surface area contributed by atoms with Gasteiger partial charge in [0.1, 0.15) is 17.7 Å². The zero-order chi connectivity index (χ0) is 21.5. The second-order valence-corrected chi connectivity index (χ2v) is 8.19. The number of carbonyl (C=O) groups is 3. The Hall–Kier alpha value is -3.58. The first-order chi connectivity index (χ1) is 15.1. The molecule has 7 heteroatoms. The Morgan fingerprint density at radius 2 is 1.39 bits per heavy atom. The Balaban J connectivity index is 1.62. The van der Waals surface area contributed by atoms with Gasteiger partial charge >= 0.3 is 0 Å². The Bertz CT molecular complexity index is 1210. The number of benzene rings is 3. The molecule has 0 spiro atoms. The van der Waals surface area contributed by atoms with Gasteiger partial charge in [-0.2, -0.15) is 5.10 Å². The van der Waals surface area contributed by atoms with E-state index in [-0.39, 0.29) is 11.5 Å². The summed E-state index contributed by atoms with van der Waals surface area (Å²) in [6.07, 6.45) is 0. The SMILES string of the molecule is O=C(C1=NN(c2ccc(Br)cc2)C2C(=O)N(c3ccccc3)C(=O)C12)c1ccccc1. The van der Waals surface area contributed by atoms with Crippen LogP contribution in [0.2, 0.25) is 0 Å². The monoisotopic (exact) mass is 473 g/mol. The highest BCUT2D eigenvalue weighted by atomic mass is 79.9. The maximum Gasteiger partial charge on any atom is 0.259 e. The van der Waals surface area contributed by atoms with Crippen molar-refractivity contribution in [2.75, 3.05) is 9.91 Å². The van der Waals surface area contributed by atoms with Crippen molar-refractivity contribution >= 4 is 50.6 Å². The summed E-state index contributed by atoms with van der Waals surface area (Å²) in [6, 6.07) is 23.8. The van der Waals surface area contributed by atoms with E-state index in [0.29, 0.717) is 16.9 Å². The Morgan fingerprint density at radius 3 is 2.03 bits per heavy atom. The second-order valence-electron chi connectivity index (χ2n) is 7.27. The quantitative estimate of drug-likeness (QED) is 0.423. The molecule has 1 saturated heterocycles. The van der Waals surface area contributed by atoms with Crippen LogP contribution in [0.5, 0.6) is 0 Å². The lowest BCUT2D eigenvalue weighted by Gasteiger charge is -2.22. The highest BCUT2D eigenvalue weighted by Crippen LogP contribution is 2.38. The fraction of sp³-hybridized carbons (Fsp3) is 0.0833. The molecule has 31 heavy (non-hydrogen) atoms. The molecule has 0 aromatic heterocycles. The summed E-state index contributed by atoms with van der Waals surface area (Å²) in [6.45, 7) is 0. The molecule has 2 heterocycles. The molecule has 1 fully saturated rings. The number of imide groups is 1. The van der Waals surface area contributed by atoms with Crippen LogP contribution in [-0.2, 0) is 9.59 Å². The molecule has 2 aliphatic heterocycles. The Morgan fingerprint density at radius 1 is 0.774 bits per heavy atom. The molecule has 0 aliphatic carbocycles. The first-order valence-electron chi connectivity index (χ1n) is 9.72. The molecule has 3 aromatic carbocycles. The smallest absolute Gasteiger partial charge is 0.259 e. The van der Waals surface area contributed by atoms with Crippen LogP contribution in [0.4, 0.5) is 11.4 Å². The van der Waals surface area contributed by atoms with Gasteiger partial charge in [-0.3, -0.25) is 19.4 Å². The van der Waals surface area contributed by atoms with E-state index in [1.165, 1.54) is 5.01 Å². The highest BCUT2D eigenvalue weighted by molar-refractivity contribution is 9.10. The van der Waals surface area contributed by atoms with Crippen LogP contribution in [0, 0.1) is 5.92 Å². The van der Waals surface area contributed by atoms with Crippen molar-refractivity contribution in [1.82, 2.24) is 0 Å². The van der Waals surface area contributed by atoms with Gasteiger partial charge < -0.3 is 0 Å². The molecule has 2 amide bonds. The fourth-order valence-electron chi connectivity index (χ4n) is 3.98. The molecule has 5 rings (SSSR count). The average molecular weight is 474 g/mol. The lowest BCUT2D eigenvalue weighted by atomic mass is 9.92. The number of hydrogen-bond donors (Lipinski definition) is 0. The van der Waals surface area contributed by atoms with Crippen molar-refractivity contribution in [3.8, 4) is 0 Å². The van der Waals surface area contributed by atoms with E-state index in [1.807, 2.05) is 24.3 Å². The number of halogens is 1. The van der Waals surface area contributed by atoms with Crippen LogP contribution in [0.3, 0.4) is 0 Å². The molecule has 0 N–H and O–H groups in total. The van der Waals surface area contributed by atoms with Crippen molar-refractivity contribution < 1.29 is 14.4 Å². The Labute approximate surface area is 186 Å². The van der Waals surface area contributed by atoms with E-state index in [2.05, 4.69) is 21.0 Å². The van der Waals surface area contributed by atoms with Crippen LogP contribution in [0.1, 0.15) is 10.4 Å². The lowest BCUT2D eigenvalue weighted by molar-refractivity contribution is -0.121. The minimum absolute atomic E-state index is 0.0795. The fourth-order valence-corrected chi connectivity index (χ4v) is 4.24. The predicted molar refractivity (Wildman–Crippen MR) is 121 cm³/mol. The summed E-state index contributed by atoms with van der Waals surface area (Å²) in [5.41, 5.74) is 1.62. The molecule has 2 aliphatic rings. The van der Waals surface area contributed by atoms with E-state index < -0.39 is 23.8 Å². The van der Waals surface area contributed by atoms with Crippen molar-refractivity contribution in [3.63, 3.8) is 0 Å². The van der Waals surface area contributed by atoms with Crippen LogP contribution < -0.4 is 9.91 Å². The van der Waals surface area contributed by atoms with Gasteiger partial charge in [0.05, 0.1) is 11.4 Å². The summed E-state index contributed by atoms with van der Waals surface area (Å²) in [5.74, 6) is -2.16. The number of nitrogens with zero attached hydrogens (tertiary/aromatic N) is 3. The number of Topliss-reactive ketones (excluding diaryl/α,β-unsaturated/α-hetero) is 1. The molecule has 2 unspecified atom stereocenters. The molecule has 6 nitrogen and oxygen atoms in total. The zero-order valence-electron chi connectivity index (χ0n) is 16.2. The number of para-hydroxylation sites is 1. The maximum absolute atomic E-state index is 13.4. The van der Waals surface area contributed by atoms with Crippen LogP contribution in [0.25, 0.3) is 0 Å². The zero-order valence-corrected chi connectivity index (χ0v) is 17.8. The molecular formula is C24H16BrN3O3. The van der Waals surface area contributed by atoms with Crippen molar-refractivity contribution in [1.29, 1.82) is 0 Å². The van der Waals surface area contributed by atoms with Crippen molar-refractivity contribution in [3.05, 3.63) is 95.0 Å². The predicted octanol–water partition coefficient (Wildman–Crippen LogP) is 4.07. The normalized spacial score (nSPS) is 20.1. The number of amides is 2. The van der Waals surface area contributed by atoms with Gasteiger partial charge in [0.15, 0.2) is 0 Å². The highest BCUT2D eigenvalue weighted by Gasteiger charge is 2.58. The number of ketones is 1. The number of fused-ring (bicyclic) bond motifs is 1.